The van der Waals surface area contributed by atoms with E-state index >= 15 is 0 Å². The third-order valence-corrected chi connectivity index (χ3v) is 5.91. The first-order valence-corrected chi connectivity index (χ1v) is 9.34. The summed E-state index contributed by atoms with van der Waals surface area (Å²) in [6.07, 6.45) is 1.48. The van der Waals surface area contributed by atoms with E-state index in [0.717, 1.165) is 24.0 Å². The number of carbonyl (C=O) groups excluding carboxylic acids is 1. The van der Waals surface area contributed by atoms with E-state index < -0.39 is 10.0 Å². The molecule has 1 unspecified atom stereocenters. The van der Waals surface area contributed by atoms with E-state index in [2.05, 4.69) is 5.32 Å². The Morgan fingerprint density at radius 1 is 1.41 bits per heavy atom. The summed E-state index contributed by atoms with van der Waals surface area (Å²) >= 11 is 0. The van der Waals surface area contributed by atoms with Crippen molar-refractivity contribution in [2.45, 2.75) is 33.2 Å². The van der Waals surface area contributed by atoms with Crippen molar-refractivity contribution in [2.24, 2.45) is 5.92 Å². The van der Waals surface area contributed by atoms with Gasteiger partial charge in [0.05, 0.1) is 11.7 Å². The van der Waals surface area contributed by atoms with Crippen LogP contribution in [0.4, 0.5) is 0 Å². The summed E-state index contributed by atoms with van der Waals surface area (Å²) in [4.78, 5) is 12.3. The summed E-state index contributed by atoms with van der Waals surface area (Å²) < 4.78 is 25.3. The Morgan fingerprint density at radius 2 is 2.18 bits per heavy atom. The van der Waals surface area contributed by atoms with Crippen molar-refractivity contribution in [3.05, 3.63) is 35.4 Å². The van der Waals surface area contributed by atoms with Gasteiger partial charge >= 0.3 is 0 Å². The van der Waals surface area contributed by atoms with Gasteiger partial charge in [0.1, 0.15) is 0 Å². The van der Waals surface area contributed by atoms with E-state index in [-0.39, 0.29) is 17.6 Å². The molecule has 0 saturated carbocycles. The number of nitrogens with one attached hydrogen (secondary N) is 1. The Balaban J connectivity index is 1.92. The fourth-order valence-electron chi connectivity index (χ4n) is 2.75. The number of benzene rings is 1. The van der Waals surface area contributed by atoms with Gasteiger partial charge in [-0.3, -0.25) is 4.79 Å². The zero-order valence-electron chi connectivity index (χ0n) is 13.2. The number of hydrogen-bond donors (Lipinski definition) is 1. The third kappa shape index (κ3) is 4.30. The van der Waals surface area contributed by atoms with Crippen molar-refractivity contribution < 1.29 is 13.2 Å². The Bertz CT molecular complexity index is 628. The van der Waals surface area contributed by atoms with Crippen molar-refractivity contribution in [1.29, 1.82) is 0 Å². The fraction of sp³-hybridized carbons (Fsp3) is 0.562. The number of piperidine rings is 1. The molecule has 0 bridgehead atoms. The number of sulfonamides is 1. The van der Waals surface area contributed by atoms with Crippen LogP contribution in [0.3, 0.4) is 0 Å². The third-order valence-electron chi connectivity index (χ3n) is 4.06. The minimum Gasteiger partial charge on any atom is -0.352 e. The number of hydrogen-bond acceptors (Lipinski definition) is 3. The van der Waals surface area contributed by atoms with E-state index in [0.29, 0.717) is 19.6 Å². The van der Waals surface area contributed by atoms with E-state index in [1.54, 1.807) is 6.92 Å². The molecule has 122 valence electrons. The summed E-state index contributed by atoms with van der Waals surface area (Å²) in [5.74, 6) is -0.220. The van der Waals surface area contributed by atoms with E-state index in [9.17, 15) is 13.2 Å². The molecule has 2 rings (SSSR count). The van der Waals surface area contributed by atoms with Gasteiger partial charge in [-0.1, -0.05) is 29.8 Å². The Kier molecular flexibility index (Phi) is 5.58. The predicted molar refractivity (Wildman–Crippen MR) is 86.8 cm³/mol. The van der Waals surface area contributed by atoms with Gasteiger partial charge in [0, 0.05) is 19.6 Å². The van der Waals surface area contributed by atoms with Crippen molar-refractivity contribution >= 4 is 15.9 Å². The molecule has 0 spiro atoms. The van der Waals surface area contributed by atoms with Crippen LogP contribution >= 0.6 is 0 Å². The second-order valence-corrected chi connectivity index (χ2v) is 8.06. The molecule has 22 heavy (non-hydrogen) atoms. The molecule has 1 amide bonds. The van der Waals surface area contributed by atoms with Crippen LogP contribution in [0.2, 0.25) is 0 Å². The topological polar surface area (TPSA) is 66.5 Å². The smallest absolute Gasteiger partial charge is 0.224 e. The summed E-state index contributed by atoms with van der Waals surface area (Å²) in [6, 6.07) is 7.99. The lowest BCUT2D eigenvalue weighted by atomic mass is 9.98. The molecule has 6 heteroatoms. The van der Waals surface area contributed by atoms with Crippen LogP contribution in [-0.4, -0.2) is 37.5 Å². The van der Waals surface area contributed by atoms with E-state index in [1.807, 2.05) is 31.2 Å². The molecular weight excluding hydrogens is 300 g/mol. The Morgan fingerprint density at radius 3 is 2.86 bits per heavy atom. The lowest BCUT2D eigenvalue weighted by molar-refractivity contribution is -0.126. The van der Waals surface area contributed by atoms with Crippen LogP contribution in [0.1, 0.15) is 30.9 Å². The normalized spacial score (nSPS) is 19.8. The van der Waals surface area contributed by atoms with Gasteiger partial charge in [-0.05, 0) is 32.3 Å². The van der Waals surface area contributed by atoms with Gasteiger partial charge in [-0.2, -0.15) is 0 Å². The predicted octanol–water partition coefficient (Wildman–Crippen LogP) is 1.67. The first-order chi connectivity index (χ1) is 10.4. The summed E-state index contributed by atoms with van der Waals surface area (Å²) in [5.41, 5.74) is 2.21. The molecule has 0 aromatic heterocycles. The van der Waals surface area contributed by atoms with Gasteiger partial charge in [-0.25, -0.2) is 12.7 Å². The van der Waals surface area contributed by atoms with Gasteiger partial charge in [-0.15, -0.1) is 0 Å². The SMILES string of the molecule is CCS(=O)(=O)N1CCCC(C(=O)NCc2cccc(C)c2)C1. The van der Waals surface area contributed by atoms with Crippen LogP contribution in [0.25, 0.3) is 0 Å². The van der Waals surface area contributed by atoms with Crippen LogP contribution in [-0.2, 0) is 21.4 Å². The molecule has 1 aliphatic rings. The lowest BCUT2D eigenvalue weighted by Gasteiger charge is -2.30. The molecule has 5 nitrogen and oxygen atoms in total. The van der Waals surface area contributed by atoms with Crippen molar-refractivity contribution in [1.82, 2.24) is 9.62 Å². The Hall–Kier alpha value is -1.40. The first-order valence-electron chi connectivity index (χ1n) is 7.73. The highest BCUT2D eigenvalue weighted by atomic mass is 32.2. The second kappa shape index (κ2) is 7.24. The van der Waals surface area contributed by atoms with E-state index in [4.69, 9.17) is 0 Å². The van der Waals surface area contributed by atoms with Gasteiger partial charge in [0.2, 0.25) is 15.9 Å². The fourth-order valence-corrected chi connectivity index (χ4v) is 3.93. The highest BCUT2D eigenvalue weighted by Gasteiger charge is 2.31. The largest absolute Gasteiger partial charge is 0.352 e. The minimum atomic E-state index is -3.21. The van der Waals surface area contributed by atoms with Gasteiger partial charge < -0.3 is 5.32 Å². The lowest BCUT2D eigenvalue weighted by Crippen LogP contribution is -2.45. The van der Waals surface area contributed by atoms with Crippen molar-refractivity contribution in [2.75, 3.05) is 18.8 Å². The molecule has 1 aliphatic heterocycles. The van der Waals surface area contributed by atoms with Gasteiger partial charge in [0.15, 0.2) is 0 Å². The maximum Gasteiger partial charge on any atom is 0.224 e. The molecule has 1 saturated heterocycles. The summed E-state index contributed by atoms with van der Waals surface area (Å²) in [6.45, 7) is 4.96. The number of amides is 1. The maximum absolute atomic E-state index is 12.3. The average Bonchev–Trinajstić information content (AvgIpc) is 2.53. The molecule has 1 heterocycles. The number of nitrogens with zero attached hydrogens (tertiary/aromatic N) is 1. The molecule has 0 radical (unpaired) electrons. The maximum atomic E-state index is 12.3. The molecule has 1 aromatic carbocycles. The standard InChI is InChI=1S/C16H24N2O3S/c1-3-22(20,21)18-9-5-8-15(12-18)16(19)17-11-14-7-4-6-13(2)10-14/h4,6-7,10,15H,3,5,8-9,11-12H2,1-2H3,(H,17,19). The molecule has 0 aliphatic carbocycles. The number of carbonyl (C=O) groups is 1. The molecule has 1 aromatic rings. The molecular formula is C16H24N2O3S. The second-order valence-electron chi connectivity index (χ2n) is 5.80. The van der Waals surface area contributed by atoms with Crippen molar-refractivity contribution in [3.63, 3.8) is 0 Å². The highest BCUT2D eigenvalue weighted by Crippen LogP contribution is 2.19. The summed E-state index contributed by atoms with van der Waals surface area (Å²) in [5, 5.41) is 2.93. The molecule has 1 N–H and O–H groups in total. The number of aryl methyl sites for hydroxylation is 1. The number of rotatable bonds is 5. The van der Waals surface area contributed by atoms with Crippen molar-refractivity contribution in [3.8, 4) is 0 Å². The van der Waals surface area contributed by atoms with Crippen LogP contribution < -0.4 is 5.32 Å². The molecule has 1 fully saturated rings. The van der Waals surface area contributed by atoms with E-state index in [1.165, 1.54) is 4.31 Å². The Labute approximate surface area is 132 Å². The van der Waals surface area contributed by atoms with Gasteiger partial charge in [0.25, 0.3) is 0 Å². The van der Waals surface area contributed by atoms with Crippen LogP contribution in [0.5, 0.6) is 0 Å². The van der Waals surface area contributed by atoms with Crippen LogP contribution in [0.15, 0.2) is 24.3 Å². The monoisotopic (exact) mass is 324 g/mol. The average molecular weight is 324 g/mol. The quantitative estimate of drug-likeness (QED) is 0.896. The first kappa shape index (κ1) is 17.0. The zero-order chi connectivity index (χ0) is 16.2. The zero-order valence-corrected chi connectivity index (χ0v) is 14.0. The van der Waals surface area contributed by atoms with Crippen LogP contribution in [0, 0.1) is 12.8 Å². The minimum absolute atomic E-state index is 0.0579. The highest BCUT2D eigenvalue weighted by molar-refractivity contribution is 7.89. The summed E-state index contributed by atoms with van der Waals surface area (Å²) in [7, 11) is -3.21. The molecule has 1 atom stereocenters.